The van der Waals surface area contributed by atoms with E-state index in [-0.39, 0.29) is 34.7 Å². The minimum absolute atomic E-state index is 0.00565. The Morgan fingerprint density at radius 1 is 1.29 bits per heavy atom. The molecule has 0 saturated heterocycles. The summed E-state index contributed by atoms with van der Waals surface area (Å²) in [7, 11) is 0. The maximum atomic E-state index is 12.9. The van der Waals surface area contributed by atoms with Crippen LogP contribution >= 0.6 is 11.8 Å². The van der Waals surface area contributed by atoms with E-state index < -0.39 is 5.97 Å². The molecule has 0 radical (unpaired) electrons. The zero-order chi connectivity index (χ0) is 19.9. The third-order valence-corrected chi connectivity index (χ3v) is 7.34. The molecule has 7 nitrogen and oxygen atoms in total. The molecule has 152 valence electrons. The van der Waals surface area contributed by atoms with Crippen LogP contribution in [0.25, 0.3) is 0 Å². The van der Waals surface area contributed by atoms with Gasteiger partial charge < -0.3 is 15.8 Å². The van der Waals surface area contributed by atoms with Gasteiger partial charge in [0.05, 0.1) is 11.9 Å². The van der Waals surface area contributed by atoms with Crippen molar-refractivity contribution in [2.24, 2.45) is 17.8 Å². The number of anilines is 1. The maximum absolute atomic E-state index is 12.9. The second kappa shape index (κ2) is 7.54. The lowest BCUT2D eigenvalue weighted by Crippen LogP contribution is -2.60. The average Bonchev–Trinajstić information content (AvgIpc) is 2.60. The van der Waals surface area contributed by atoms with Crippen molar-refractivity contribution in [1.29, 1.82) is 0 Å². The van der Waals surface area contributed by atoms with Gasteiger partial charge in [-0.2, -0.15) is 0 Å². The lowest BCUT2D eigenvalue weighted by Gasteiger charge is -2.57. The second-order valence-corrected chi connectivity index (χ2v) is 9.93. The normalized spacial score (nSPS) is 31.4. The number of esters is 1. The Hall–Kier alpha value is -1.83. The Bertz CT molecular complexity index is 749. The van der Waals surface area contributed by atoms with Crippen molar-refractivity contribution in [3.63, 3.8) is 0 Å². The van der Waals surface area contributed by atoms with E-state index in [9.17, 15) is 9.59 Å². The molecular formula is C20H28N4O3S. The number of hydrogen-bond donors (Lipinski definition) is 2. The smallest absolute Gasteiger partial charge is 0.343 e. The summed E-state index contributed by atoms with van der Waals surface area (Å²) >= 11 is 1.26. The van der Waals surface area contributed by atoms with E-state index in [0.29, 0.717) is 5.16 Å². The van der Waals surface area contributed by atoms with E-state index in [1.165, 1.54) is 37.2 Å². The van der Waals surface area contributed by atoms with Gasteiger partial charge in [0.15, 0.2) is 5.16 Å². The lowest BCUT2D eigenvalue weighted by molar-refractivity contribution is -0.126. The maximum Gasteiger partial charge on any atom is 0.343 e. The molecule has 1 amide bonds. The number of hydrogen-bond acceptors (Lipinski definition) is 7. The minimum Gasteiger partial charge on any atom is -0.462 e. The molecule has 8 heteroatoms. The van der Waals surface area contributed by atoms with Gasteiger partial charge in [0.1, 0.15) is 11.4 Å². The molecule has 1 aromatic heterocycles. The molecule has 28 heavy (non-hydrogen) atoms. The number of nitrogens with zero attached hydrogens (tertiary/aromatic N) is 2. The van der Waals surface area contributed by atoms with Crippen molar-refractivity contribution >= 4 is 29.5 Å². The summed E-state index contributed by atoms with van der Waals surface area (Å²) in [5.41, 5.74) is 6.02. The molecule has 0 spiro atoms. The van der Waals surface area contributed by atoms with Gasteiger partial charge in [-0.1, -0.05) is 11.8 Å². The first-order valence-corrected chi connectivity index (χ1v) is 11.0. The summed E-state index contributed by atoms with van der Waals surface area (Å²) in [5, 5.41) is 3.44. The van der Waals surface area contributed by atoms with Crippen LogP contribution in [0.5, 0.6) is 0 Å². The summed E-state index contributed by atoms with van der Waals surface area (Å²) in [6.45, 7) is 3.85. The fourth-order valence-electron chi connectivity index (χ4n) is 5.64. The molecule has 0 unspecified atom stereocenters. The molecular weight excluding hydrogens is 376 g/mol. The number of amides is 1. The van der Waals surface area contributed by atoms with Gasteiger partial charge in [0.25, 0.3) is 0 Å². The zero-order valence-corrected chi connectivity index (χ0v) is 17.3. The SMILES string of the molecule is CCOC(=O)c1cnc(S[C@H](C)C(=O)NC23CC4CC(CC(C4)C2)C3)nc1N. The highest BCUT2D eigenvalue weighted by Gasteiger charge is 2.51. The first kappa shape index (κ1) is 19.5. The fourth-order valence-corrected chi connectivity index (χ4v) is 6.39. The molecule has 1 atom stereocenters. The molecule has 4 aliphatic carbocycles. The van der Waals surface area contributed by atoms with Gasteiger partial charge in [-0.15, -0.1) is 0 Å². The van der Waals surface area contributed by atoms with Crippen LogP contribution in [0.3, 0.4) is 0 Å². The van der Waals surface area contributed by atoms with Crippen LogP contribution in [0.4, 0.5) is 5.82 Å². The topological polar surface area (TPSA) is 107 Å². The van der Waals surface area contributed by atoms with Crippen LogP contribution in [0.1, 0.15) is 62.7 Å². The number of nitrogens with one attached hydrogen (secondary N) is 1. The second-order valence-electron chi connectivity index (χ2n) is 8.62. The number of rotatable bonds is 6. The van der Waals surface area contributed by atoms with Crippen molar-refractivity contribution in [1.82, 2.24) is 15.3 Å². The molecule has 3 N–H and O–H groups in total. The lowest BCUT2D eigenvalue weighted by atomic mass is 9.53. The van der Waals surface area contributed by atoms with Crippen LogP contribution in [0.15, 0.2) is 11.4 Å². The summed E-state index contributed by atoms with van der Waals surface area (Å²) in [6.07, 6.45) is 8.78. The Morgan fingerprint density at radius 3 is 2.43 bits per heavy atom. The standard InChI is InChI=1S/C20H28N4O3S/c1-3-27-18(26)15-10-22-19(23-16(15)21)28-11(2)17(25)24-20-7-12-4-13(8-20)6-14(5-12)9-20/h10-14H,3-9H2,1-2H3,(H,24,25)(H2,21,22,23)/t11-,12?,13?,14?,20?/m1/s1. The largest absolute Gasteiger partial charge is 0.462 e. The summed E-state index contributed by atoms with van der Waals surface area (Å²) < 4.78 is 4.93. The first-order chi connectivity index (χ1) is 13.4. The molecule has 1 aromatic rings. The Balaban J connectivity index is 1.38. The number of nitrogen functional groups attached to an aromatic ring is 1. The van der Waals surface area contributed by atoms with Gasteiger partial charge >= 0.3 is 5.97 Å². The number of aromatic nitrogens is 2. The summed E-state index contributed by atoms with van der Waals surface area (Å²) in [5.74, 6) is 1.92. The molecule has 5 rings (SSSR count). The Kier molecular flexibility index (Phi) is 5.24. The van der Waals surface area contributed by atoms with Crippen LogP contribution < -0.4 is 11.1 Å². The number of ether oxygens (including phenoxy) is 1. The molecule has 4 bridgehead atoms. The van der Waals surface area contributed by atoms with Crippen LogP contribution in [-0.2, 0) is 9.53 Å². The van der Waals surface area contributed by atoms with Gasteiger partial charge in [-0.25, -0.2) is 14.8 Å². The van der Waals surface area contributed by atoms with E-state index in [4.69, 9.17) is 10.5 Å². The number of thioether (sulfide) groups is 1. The third kappa shape index (κ3) is 3.83. The quantitative estimate of drug-likeness (QED) is 0.426. The average molecular weight is 405 g/mol. The van der Waals surface area contributed by atoms with Crippen molar-refractivity contribution < 1.29 is 14.3 Å². The summed E-state index contributed by atoms with van der Waals surface area (Å²) in [6, 6.07) is 0. The number of nitrogens with two attached hydrogens (primary N) is 1. The number of carbonyl (C=O) groups excluding carboxylic acids is 2. The Morgan fingerprint density at radius 2 is 1.89 bits per heavy atom. The minimum atomic E-state index is -0.538. The van der Waals surface area contributed by atoms with Gasteiger partial charge in [-0.3, -0.25) is 4.79 Å². The highest BCUT2D eigenvalue weighted by molar-refractivity contribution is 8.00. The Labute approximate surface area is 169 Å². The third-order valence-electron chi connectivity index (χ3n) is 6.37. The zero-order valence-electron chi connectivity index (χ0n) is 16.4. The molecule has 4 saturated carbocycles. The van der Waals surface area contributed by atoms with Crippen molar-refractivity contribution in [2.75, 3.05) is 12.3 Å². The fraction of sp³-hybridized carbons (Fsp3) is 0.700. The van der Waals surface area contributed by atoms with Crippen LogP contribution in [0.2, 0.25) is 0 Å². The van der Waals surface area contributed by atoms with Crippen molar-refractivity contribution in [2.45, 2.75) is 68.3 Å². The van der Waals surface area contributed by atoms with E-state index >= 15 is 0 Å². The highest BCUT2D eigenvalue weighted by atomic mass is 32.2. The van der Waals surface area contributed by atoms with Crippen molar-refractivity contribution in [3.05, 3.63) is 11.8 Å². The molecule has 1 heterocycles. The van der Waals surface area contributed by atoms with Crippen molar-refractivity contribution in [3.8, 4) is 0 Å². The van der Waals surface area contributed by atoms with E-state index in [1.807, 2.05) is 6.92 Å². The summed E-state index contributed by atoms with van der Waals surface area (Å²) in [4.78, 5) is 33.0. The molecule has 4 aliphatic rings. The molecule has 4 fully saturated rings. The highest BCUT2D eigenvalue weighted by Crippen LogP contribution is 2.55. The van der Waals surface area contributed by atoms with Gasteiger partial charge in [-0.05, 0) is 70.1 Å². The van der Waals surface area contributed by atoms with Crippen LogP contribution in [-0.4, -0.2) is 39.2 Å². The molecule has 0 aromatic carbocycles. The monoisotopic (exact) mass is 404 g/mol. The van der Waals surface area contributed by atoms with Gasteiger partial charge in [0, 0.05) is 11.7 Å². The number of carbonyl (C=O) groups is 2. The van der Waals surface area contributed by atoms with E-state index in [2.05, 4.69) is 15.3 Å². The van der Waals surface area contributed by atoms with E-state index in [0.717, 1.165) is 37.0 Å². The van der Waals surface area contributed by atoms with Gasteiger partial charge in [0.2, 0.25) is 5.91 Å². The predicted octanol–water partition coefficient (Wildman–Crippen LogP) is 2.80. The predicted molar refractivity (Wildman–Crippen MR) is 107 cm³/mol. The first-order valence-electron chi connectivity index (χ1n) is 10.2. The van der Waals surface area contributed by atoms with E-state index in [1.54, 1.807) is 6.92 Å². The molecule has 0 aliphatic heterocycles. The van der Waals surface area contributed by atoms with Crippen LogP contribution in [0, 0.1) is 17.8 Å².